The van der Waals surface area contributed by atoms with Crippen LogP contribution < -0.4 is 0 Å². The molecule has 0 heterocycles. The van der Waals surface area contributed by atoms with Crippen LogP contribution in [0.25, 0.3) is 0 Å². The predicted molar refractivity (Wildman–Crippen MR) is 62.3 cm³/mol. The number of hydrogen-bond donors (Lipinski definition) is 3. The lowest BCUT2D eigenvalue weighted by Gasteiger charge is -2.17. The first-order valence-corrected chi connectivity index (χ1v) is 5.89. The van der Waals surface area contributed by atoms with Crippen LogP contribution in [0, 0.1) is 0 Å². The molecule has 0 saturated heterocycles. The molecule has 0 aromatic carbocycles. The van der Waals surface area contributed by atoms with E-state index in [9.17, 15) is 15.0 Å². The van der Waals surface area contributed by atoms with Crippen LogP contribution in [0.2, 0.25) is 0 Å². The standard InChI is InChI=1S/C12H24O4/c1-2-3-4-7-10(13)11(14)8-5-6-9-12(15)16/h10-11,13-14H,2-9H2,1H3,(H,15,16)/t10-,11-/m1/s1/i10D,11D. The van der Waals surface area contributed by atoms with Gasteiger partial charge < -0.3 is 15.3 Å². The average Bonchev–Trinajstić information content (AvgIpc) is 2.24. The van der Waals surface area contributed by atoms with Gasteiger partial charge in [-0.05, 0) is 19.3 Å². The molecule has 0 unspecified atom stereocenters. The van der Waals surface area contributed by atoms with Crippen molar-refractivity contribution in [1.29, 1.82) is 0 Å². The van der Waals surface area contributed by atoms with E-state index in [4.69, 9.17) is 7.85 Å². The number of rotatable bonds is 10. The molecule has 0 aliphatic heterocycles. The van der Waals surface area contributed by atoms with Gasteiger partial charge in [-0.3, -0.25) is 4.79 Å². The van der Waals surface area contributed by atoms with Gasteiger partial charge in [0.1, 0.15) is 0 Å². The second-order valence-electron chi connectivity index (χ2n) is 3.95. The van der Waals surface area contributed by atoms with Crippen LogP contribution in [0.5, 0.6) is 0 Å². The lowest BCUT2D eigenvalue weighted by Crippen LogP contribution is -2.25. The second-order valence-corrected chi connectivity index (χ2v) is 3.95. The summed E-state index contributed by atoms with van der Waals surface area (Å²) >= 11 is 0. The topological polar surface area (TPSA) is 77.8 Å². The molecule has 0 spiro atoms. The van der Waals surface area contributed by atoms with E-state index in [-0.39, 0.29) is 19.3 Å². The van der Waals surface area contributed by atoms with Crippen LogP contribution in [0.15, 0.2) is 0 Å². The van der Waals surface area contributed by atoms with Crippen molar-refractivity contribution in [1.82, 2.24) is 0 Å². The largest absolute Gasteiger partial charge is 0.481 e. The molecule has 96 valence electrons. The summed E-state index contributed by atoms with van der Waals surface area (Å²) in [5.74, 6) is -0.924. The van der Waals surface area contributed by atoms with Gasteiger partial charge in [-0.2, -0.15) is 0 Å². The molecule has 4 nitrogen and oxygen atoms in total. The van der Waals surface area contributed by atoms with Gasteiger partial charge in [-0.25, -0.2) is 0 Å². The predicted octanol–water partition coefficient (Wildman–Crippen LogP) is 1.93. The van der Waals surface area contributed by atoms with Crippen LogP contribution >= 0.6 is 0 Å². The molecule has 0 aromatic rings. The highest BCUT2D eigenvalue weighted by molar-refractivity contribution is 5.66. The lowest BCUT2D eigenvalue weighted by molar-refractivity contribution is -0.137. The van der Waals surface area contributed by atoms with Gasteiger partial charge in [0, 0.05) is 6.42 Å². The van der Waals surface area contributed by atoms with Crippen molar-refractivity contribution in [3.8, 4) is 0 Å². The van der Waals surface area contributed by atoms with Crippen molar-refractivity contribution >= 4 is 5.97 Å². The van der Waals surface area contributed by atoms with E-state index < -0.39 is 18.1 Å². The summed E-state index contributed by atoms with van der Waals surface area (Å²) in [5, 5.41) is 28.0. The third kappa shape index (κ3) is 8.68. The molecule has 3 N–H and O–H groups in total. The maximum atomic E-state index is 10.3. The highest BCUT2D eigenvalue weighted by Gasteiger charge is 2.15. The fourth-order valence-electron chi connectivity index (χ4n) is 1.40. The fraction of sp³-hybridized carbons (Fsp3) is 0.917. The summed E-state index contributed by atoms with van der Waals surface area (Å²) < 4.78 is 15.2. The van der Waals surface area contributed by atoms with Crippen molar-refractivity contribution in [2.75, 3.05) is 0 Å². The number of carboxylic acids is 1. The Balaban J connectivity index is 4.10. The van der Waals surface area contributed by atoms with E-state index in [0.29, 0.717) is 19.3 Å². The highest BCUT2D eigenvalue weighted by Crippen LogP contribution is 2.12. The van der Waals surface area contributed by atoms with E-state index in [1.807, 2.05) is 6.92 Å². The zero-order valence-electron chi connectivity index (χ0n) is 11.9. The summed E-state index contributed by atoms with van der Waals surface area (Å²) in [5.41, 5.74) is 0. The van der Waals surface area contributed by atoms with E-state index >= 15 is 0 Å². The van der Waals surface area contributed by atoms with E-state index in [0.717, 1.165) is 12.8 Å². The molecular weight excluding hydrogens is 208 g/mol. The van der Waals surface area contributed by atoms with E-state index in [1.165, 1.54) is 0 Å². The number of carbonyl (C=O) groups is 1. The summed E-state index contributed by atoms with van der Waals surface area (Å²) in [6, 6.07) is 0. The minimum Gasteiger partial charge on any atom is -0.481 e. The molecule has 0 amide bonds. The molecule has 0 rings (SSSR count). The Morgan fingerprint density at radius 2 is 1.62 bits per heavy atom. The Bertz CT molecular complexity index is 254. The number of unbranched alkanes of at least 4 members (excludes halogenated alkanes) is 3. The van der Waals surface area contributed by atoms with Crippen LogP contribution in [0.4, 0.5) is 0 Å². The Morgan fingerprint density at radius 1 is 1.12 bits per heavy atom. The van der Waals surface area contributed by atoms with Crippen molar-refractivity contribution in [3.05, 3.63) is 0 Å². The third-order valence-corrected chi connectivity index (χ3v) is 2.40. The van der Waals surface area contributed by atoms with Gasteiger partial charge in [0.2, 0.25) is 0 Å². The van der Waals surface area contributed by atoms with E-state index in [1.54, 1.807) is 0 Å². The van der Waals surface area contributed by atoms with Gasteiger partial charge in [-0.15, -0.1) is 0 Å². The maximum absolute atomic E-state index is 10.3. The smallest absolute Gasteiger partial charge is 0.303 e. The van der Waals surface area contributed by atoms with Crippen LogP contribution in [-0.2, 0) is 4.79 Å². The number of hydrogen-bond acceptors (Lipinski definition) is 3. The first kappa shape index (κ1) is 11.9. The normalized spacial score (nSPS) is 20.4. The molecular formula is C12H24O4. The first-order valence-electron chi connectivity index (χ1n) is 6.89. The SMILES string of the molecule is [2H][C@@](O)(CCCCC)[C@]([2H])(O)CCCCC(=O)O. The van der Waals surface area contributed by atoms with Gasteiger partial charge >= 0.3 is 5.97 Å². The van der Waals surface area contributed by atoms with Crippen LogP contribution in [-0.4, -0.2) is 33.4 Å². The number of carboxylic acid groups (broad SMARTS) is 1. The molecule has 16 heavy (non-hydrogen) atoms. The van der Waals surface area contributed by atoms with Crippen molar-refractivity contribution < 1.29 is 22.9 Å². The van der Waals surface area contributed by atoms with E-state index in [2.05, 4.69) is 0 Å². The average molecular weight is 234 g/mol. The number of aliphatic hydroxyl groups is 2. The van der Waals surface area contributed by atoms with Gasteiger partial charge in [0.15, 0.2) is 0 Å². The summed E-state index contributed by atoms with van der Waals surface area (Å²) in [7, 11) is 0. The molecule has 2 atom stereocenters. The molecule has 0 aromatic heterocycles. The third-order valence-electron chi connectivity index (χ3n) is 2.40. The molecule has 0 bridgehead atoms. The molecule has 0 radical (unpaired) electrons. The Kier molecular flexibility index (Phi) is 7.12. The summed E-state index contributed by atoms with van der Waals surface area (Å²) in [4.78, 5) is 10.3. The van der Waals surface area contributed by atoms with Gasteiger partial charge in [0.05, 0.1) is 14.9 Å². The highest BCUT2D eigenvalue weighted by atomic mass is 16.4. The van der Waals surface area contributed by atoms with Gasteiger partial charge in [-0.1, -0.05) is 32.6 Å². The van der Waals surface area contributed by atoms with Crippen LogP contribution in [0.1, 0.15) is 61.0 Å². The number of aliphatic carboxylic acids is 1. The monoisotopic (exact) mass is 234 g/mol. The molecule has 0 aliphatic carbocycles. The molecule has 0 aliphatic rings. The van der Waals surface area contributed by atoms with Crippen molar-refractivity contribution in [2.45, 2.75) is 70.5 Å². The van der Waals surface area contributed by atoms with Gasteiger partial charge in [0.25, 0.3) is 0 Å². The quantitative estimate of drug-likeness (QED) is 0.505. The fourth-order valence-corrected chi connectivity index (χ4v) is 1.40. The Hall–Kier alpha value is -0.610. The molecule has 0 saturated carbocycles. The molecule has 4 heteroatoms. The maximum Gasteiger partial charge on any atom is 0.303 e. The van der Waals surface area contributed by atoms with Crippen molar-refractivity contribution in [2.24, 2.45) is 0 Å². The minimum atomic E-state index is -2.24. The Morgan fingerprint density at radius 3 is 2.06 bits per heavy atom. The molecule has 0 fully saturated rings. The minimum absolute atomic E-state index is 0.0255. The Labute approximate surface area is 100 Å². The summed E-state index contributed by atoms with van der Waals surface area (Å²) in [6.07, 6.45) is -1.48. The first-order chi connectivity index (χ1) is 8.23. The zero-order chi connectivity index (χ0) is 14.2. The zero-order valence-corrected chi connectivity index (χ0v) is 9.91. The second kappa shape index (κ2) is 9.60. The lowest BCUT2D eigenvalue weighted by atomic mass is 10.0. The summed E-state index contributed by atoms with van der Waals surface area (Å²) in [6.45, 7) is 1.99. The van der Waals surface area contributed by atoms with Crippen molar-refractivity contribution in [3.63, 3.8) is 0 Å². The van der Waals surface area contributed by atoms with Crippen LogP contribution in [0.3, 0.4) is 0 Å².